The molecule has 1 aromatic rings. The lowest BCUT2D eigenvalue weighted by Crippen LogP contribution is -2.52. The highest BCUT2D eigenvalue weighted by Crippen LogP contribution is 2.24. The minimum absolute atomic E-state index is 0.0364. The smallest absolute Gasteiger partial charge is 0.139 e. The van der Waals surface area contributed by atoms with Gasteiger partial charge in [-0.05, 0) is 32.8 Å². The Bertz CT molecular complexity index is 387. The number of benzene rings is 1. The Kier molecular flexibility index (Phi) is 4.58. The first-order chi connectivity index (χ1) is 8.97. The molecule has 1 heterocycles. The van der Waals surface area contributed by atoms with Crippen LogP contribution < -0.4 is 0 Å². The van der Waals surface area contributed by atoms with Gasteiger partial charge in [-0.2, -0.15) is 0 Å². The van der Waals surface area contributed by atoms with Crippen LogP contribution in [0.2, 0.25) is 0 Å². The molecule has 0 aromatic heterocycles. The van der Waals surface area contributed by atoms with Crippen molar-refractivity contribution >= 4 is 0 Å². The van der Waals surface area contributed by atoms with Crippen LogP contribution in [0, 0.1) is 0 Å². The molecule has 2 atom stereocenters. The maximum absolute atomic E-state index is 14.2. The Balaban J connectivity index is 1.84. The molecular formula is C16H24FNO. The summed E-state index contributed by atoms with van der Waals surface area (Å²) in [7, 11) is 0. The number of hydrogen-bond acceptors (Lipinski definition) is 2. The number of likely N-dealkylation sites (tertiary alicyclic amines) is 1. The number of rotatable bonds is 3. The molecule has 2 rings (SSSR count). The average Bonchev–Trinajstić information content (AvgIpc) is 2.37. The van der Waals surface area contributed by atoms with E-state index in [9.17, 15) is 4.39 Å². The van der Waals surface area contributed by atoms with Crippen molar-refractivity contribution in [2.45, 2.75) is 51.6 Å². The molecule has 1 aliphatic heterocycles. The van der Waals surface area contributed by atoms with Crippen LogP contribution in [-0.2, 0) is 11.3 Å². The number of ether oxygens (including phenoxy) is 1. The maximum atomic E-state index is 14.2. The molecule has 2 unspecified atom stereocenters. The van der Waals surface area contributed by atoms with Gasteiger partial charge in [-0.3, -0.25) is 4.90 Å². The largest absolute Gasteiger partial charge is 0.370 e. The van der Waals surface area contributed by atoms with Gasteiger partial charge in [-0.25, -0.2) is 4.39 Å². The van der Waals surface area contributed by atoms with E-state index in [1.54, 1.807) is 0 Å². The second-order valence-electron chi connectivity index (χ2n) is 6.26. The summed E-state index contributed by atoms with van der Waals surface area (Å²) in [4.78, 5) is 2.19. The summed E-state index contributed by atoms with van der Waals surface area (Å²) in [6.45, 7) is 8.27. The van der Waals surface area contributed by atoms with Crippen LogP contribution in [0.15, 0.2) is 30.3 Å². The van der Waals surface area contributed by atoms with E-state index in [-0.39, 0.29) is 11.6 Å². The molecule has 3 heteroatoms. The van der Waals surface area contributed by atoms with Crippen LogP contribution in [0.3, 0.4) is 0 Å². The van der Waals surface area contributed by atoms with Crippen molar-refractivity contribution < 1.29 is 9.13 Å². The molecule has 2 nitrogen and oxygen atoms in total. The van der Waals surface area contributed by atoms with Crippen LogP contribution >= 0.6 is 0 Å². The van der Waals surface area contributed by atoms with Gasteiger partial charge in [-0.15, -0.1) is 0 Å². The molecule has 1 fully saturated rings. The fourth-order valence-electron chi connectivity index (χ4n) is 2.46. The predicted molar refractivity (Wildman–Crippen MR) is 75.9 cm³/mol. The fourth-order valence-corrected chi connectivity index (χ4v) is 2.46. The summed E-state index contributed by atoms with van der Waals surface area (Å²) < 4.78 is 19.9. The lowest BCUT2D eigenvalue weighted by molar-refractivity contribution is -0.0699. The van der Waals surface area contributed by atoms with Gasteiger partial charge in [0.25, 0.3) is 0 Å². The van der Waals surface area contributed by atoms with Crippen LogP contribution in [0.5, 0.6) is 0 Å². The molecule has 0 aliphatic carbocycles. The van der Waals surface area contributed by atoms with Crippen molar-refractivity contribution in [3.63, 3.8) is 0 Å². The van der Waals surface area contributed by atoms with Gasteiger partial charge in [0, 0.05) is 18.6 Å². The standard InChI is InChI=1S/C16H24FNO/c1-16(2,3)18-10-9-15(14(17)11-18)19-12-13-7-5-4-6-8-13/h4-8,14-15H,9-12H2,1-3H3. The topological polar surface area (TPSA) is 12.5 Å². The van der Waals surface area contributed by atoms with E-state index < -0.39 is 6.17 Å². The van der Waals surface area contributed by atoms with Crippen molar-refractivity contribution in [1.82, 2.24) is 4.90 Å². The van der Waals surface area contributed by atoms with E-state index in [1.165, 1.54) is 0 Å². The maximum Gasteiger partial charge on any atom is 0.139 e. The number of alkyl halides is 1. The Hall–Kier alpha value is -0.930. The molecule has 0 saturated carbocycles. The number of hydrogen-bond donors (Lipinski definition) is 0. The SMILES string of the molecule is CC(C)(C)N1CCC(OCc2ccccc2)C(F)C1. The third kappa shape index (κ3) is 4.02. The summed E-state index contributed by atoms with van der Waals surface area (Å²) in [6, 6.07) is 9.96. The first-order valence-electron chi connectivity index (χ1n) is 7.01. The van der Waals surface area contributed by atoms with E-state index in [4.69, 9.17) is 4.74 Å². The van der Waals surface area contributed by atoms with E-state index >= 15 is 0 Å². The van der Waals surface area contributed by atoms with E-state index in [0.717, 1.165) is 18.5 Å². The lowest BCUT2D eigenvalue weighted by Gasteiger charge is -2.42. The molecule has 0 radical (unpaired) electrons. The van der Waals surface area contributed by atoms with Crippen LogP contribution in [-0.4, -0.2) is 35.8 Å². The first kappa shape index (κ1) is 14.5. The molecule has 0 spiro atoms. The summed E-state index contributed by atoms with van der Waals surface area (Å²) >= 11 is 0. The van der Waals surface area contributed by atoms with E-state index in [2.05, 4.69) is 25.7 Å². The Morgan fingerprint density at radius 3 is 2.53 bits per heavy atom. The van der Waals surface area contributed by atoms with Crippen LogP contribution in [0.25, 0.3) is 0 Å². The molecule has 0 bridgehead atoms. The zero-order valence-electron chi connectivity index (χ0n) is 12.1. The normalized spacial score (nSPS) is 25.5. The van der Waals surface area contributed by atoms with Crippen molar-refractivity contribution in [2.24, 2.45) is 0 Å². The van der Waals surface area contributed by atoms with Gasteiger partial charge < -0.3 is 4.74 Å². The molecule has 19 heavy (non-hydrogen) atoms. The Morgan fingerprint density at radius 1 is 1.26 bits per heavy atom. The molecule has 1 saturated heterocycles. The second kappa shape index (κ2) is 6.02. The second-order valence-corrected chi connectivity index (χ2v) is 6.26. The summed E-state index contributed by atoms with van der Waals surface area (Å²) in [5.41, 5.74) is 1.14. The van der Waals surface area contributed by atoms with Crippen LogP contribution in [0.1, 0.15) is 32.8 Å². The Morgan fingerprint density at radius 2 is 1.95 bits per heavy atom. The summed E-state index contributed by atoms with van der Waals surface area (Å²) in [6.07, 6.45) is -0.388. The Labute approximate surface area is 115 Å². The fraction of sp³-hybridized carbons (Fsp3) is 0.625. The molecular weight excluding hydrogens is 241 g/mol. The van der Waals surface area contributed by atoms with Gasteiger partial charge in [0.1, 0.15) is 6.17 Å². The number of nitrogens with zero attached hydrogens (tertiary/aromatic N) is 1. The van der Waals surface area contributed by atoms with Crippen molar-refractivity contribution in [1.29, 1.82) is 0 Å². The van der Waals surface area contributed by atoms with E-state index in [0.29, 0.717) is 13.2 Å². The monoisotopic (exact) mass is 265 g/mol. The minimum Gasteiger partial charge on any atom is -0.370 e. The van der Waals surface area contributed by atoms with E-state index in [1.807, 2.05) is 30.3 Å². The van der Waals surface area contributed by atoms with Crippen molar-refractivity contribution in [3.8, 4) is 0 Å². The molecule has 1 aliphatic rings. The highest BCUT2D eigenvalue weighted by Gasteiger charge is 2.34. The highest BCUT2D eigenvalue weighted by atomic mass is 19.1. The first-order valence-corrected chi connectivity index (χ1v) is 7.01. The molecule has 0 N–H and O–H groups in total. The average molecular weight is 265 g/mol. The minimum atomic E-state index is -0.892. The van der Waals surface area contributed by atoms with Crippen molar-refractivity contribution in [3.05, 3.63) is 35.9 Å². The highest BCUT2D eigenvalue weighted by molar-refractivity contribution is 5.13. The molecule has 106 valence electrons. The quantitative estimate of drug-likeness (QED) is 0.830. The molecule has 1 aromatic carbocycles. The summed E-state index contributed by atoms with van der Waals surface area (Å²) in [5, 5.41) is 0. The number of piperidine rings is 1. The molecule has 0 amide bonds. The zero-order valence-corrected chi connectivity index (χ0v) is 12.1. The van der Waals surface area contributed by atoms with Gasteiger partial charge in [0.2, 0.25) is 0 Å². The van der Waals surface area contributed by atoms with Gasteiger partial charge in [0.05, 0.1) is 12.7 Å². The predicted octanol–water partition coefficient (Wildman–Crippen LogP) is 3.41. The lowest BCUT2D eigenvalue weighted by atomic mass is 9.98. The summed E-state index contributed by atoms with van der Waals surface area (Å²) in [5.74, 6) is 0. The zero-order chi connectivity index (χ0) is 13.9. The van der Waals surface area contributed by atoms with Gasteiger partial charge >= 0.3 is 0 Å². The van der Waals surface area contributed by atoms with Gasteiger partial charge in [0.15, 0.2) is 0 Å². The third-order valence-electron chi connectivity index (χ3n) is 3.74. The van der Waals surface area contributed by atoms with Crippen LogP contribution in [0.4, 0.5) is 4.39 Å². The van der Waals surface area contributed by atoms with Crippen molar-refractivity contribution in [2.75, 3.05) is 13.1 Å². The number of halogens is 1. The third-order valence-corrected chi connectivity index (χ3v) is 3.74. The van der Waals surface area contributed by atoms with Gasteiger partial charge in [-0.1, -0.05) is 30.3 Å².